The Balaban J connectivity index is 1.77. The van der Waals surface area contributed by atoms with Gasteiger partial charge in [0, 0.05) is 20.1 Å². The zero-order valence-electron chi connectivity index (χ0n) is 12.7. The fraction of sp³-hybridized carbons (Fsp3) is 0.800. The first-order valence-corrected chi connectivity index (χ1v) is 7.52. The van der Waals surface area contributed by atoms with E-state index >= 15 is 0 Å². The van der Waals surface area contributed by atoms with Crippen molar-refractivity contribution in [3.8, 4) is 6.08 Å². The van der Waals surface area contributed by atoms with Gasteiger partial charge in [-0.15, -0.1) is 0 Å². The van der Waals surface area contributed by atoms with Gasteiger partial charge in [-0.1, -0.05) is 13.8 Å². The molecule has 5 nitrogen and oxygen atoms in total. The van der Waals surface area contributed by atoms with Crippen LogP contribution >= 0.6 is 0 Å². The molecule has 2 rings (SSSR count). The van der Waals surface area contributed by atoms with Crippen LogP contribution in [0.2, 0.25) is 0 Å². The second-order valence-corrected chi connectivity index (χ2v) is 5.89. The molecule has 0 spiro atoms. The van der Waals surface area contributed by atoms with E-state index in [1.165, 1.54) is 0 Å². The third kappa shape index (κ3) is 4.80. The van der Waals surface area contributed by atoms with Crippen LogP contribution in [0.4, 0.5) is 0 Å². The Kier molecular flexibility index (Phi) is 5.86. The molecule has 1 heterocycles. The van der Waals surface area contributed by atoms with Gasteiger partial charge < -0.3 is 19.2 Å². The summed E-state index contributed by atoms with van der Waals surface area (Å²) in [5.41, 5.74) is 0.889. The average molecular weight is 282 g/mol. The summed E-state index contributed by atoms with van der Waals surface area (Å²) >= 11 is 0. The van der Waals surface area contributed by atoms with Crippen molar-refractivity contribution in [2.75, 3.05) is 13.7 Å². The molecule has 1 fully saturated rings. The summed E-state index contributed by atoms with van der Waals surface area (Å²) in [5, 5.41) is 3.34. The van der Waals surface area contributed by atoms with Gasteiger partial charge in [0.25, 0.3) is 0 Å². The SMILES string of the molecule is COC1CCCC(Oc2nc(CNCC(C)C)co2)C1. The minimum atomic E-state index is 0.156. The highest BCUT2D eigenvalue weighted by Crippen LogP contribution is 2.24. The van der Waals surface area contributed by atoms with Crippen molar-refractivity contribution < 1.29 is 13.9 Å². The van der Waals surface area contributed by atoms with Crippen molar-refractivity contribution >= 4 is 0 Å². The summed E-state index contributed by atoms with van der Waals surface area (Å²) in [6, 6.07) is 0. The summed E-state index contributed by atoms with van der Waals surface area (Å²) in [4.78, 5) is 4.36. The summed E-state index contributed by atoms with van der Waals surface area (Å²) in [6.07, 6.45) is 6.72. The van der Waals surface area contributed by atoms with Crippen molar-refractivity contribution in [2.45, 2.75) is 58.3 Å². The molecule has 0 aliphatic heterocycles. The molecule has 1 saturated carbocycles. The number of oxazole rings is 1. The number of methoxy groups -OCH3 is 1. The quantitative estimate of drug-likeness (QED) is 0.833. The Hall–Kier alpha value is -1.07. The highest BCUT2D eigenvalue weighted by molar-refractivity contribution is 5.00. The smallest absolute Gasteiger partial charge is 0.394 e. The number of nitrogens with one attached hydrogen (secondary N) is 1. The molecule has 5 heteroatoms. The Morgan fingerprint density at radius 3 is 2.95 bits per heavy atom. The highest BCUT2D eigenvalue weighted by Gasteiger charge is 2.24. The van der Waals surface area contributed by atoms with Gasteiger partial charge in [-0.25, -0.2) is 0 Å². The predicted octanol–water partition coefficient (Wildman–Crippen LogP) is 2.76. The maximum Gasteiger partial charge on any atom is 0.394 e. The molecule has 0 bridgehead atoms. The van der Waals surface area contributed by atoms with Crippen LogP contribution in [-0.4, -0.2) is 30.8 Å². The number of hydrogen-bond donors (Lipinski definition) is 1. The molecule has 0 radical (unpaired) electrons. The number of nitrogens with zero attached hydrogens (tertiary/aromatic N) is 1. The van der Waals surface area contributed by atoms with Gasteiger partial charge in [0.15, 0.2) is 0 Å². The van der Waals surface area contributed by atoms with Crippen molar-refractivity contribution in [3.63, 3.8) is 0 Å². The van der Waals surface area contributed by atoms with Gasteiger partial charge in [0.05, 0.1) is 11.8 Å². The van der Waals surface area contributed by atoms with Crippen LogP contribution in [0.1, 0.15) is 45.2 Å². The van der Waals surface area contributed by atoms with Gasteiger partial charge in [0.1, 0.15) is 12.4 Å². The molecule has 0 saturated heterocycles. The van der Waals surface area contributed by atoms with Gasteiger partial charge in [-0.2, -0.15) is 4.98 Å². The Morgan fingerprint density at radius 1 is 1.40 bits per heavy atom. The van der Waals surface area contributed by atoms with Crippen LogP contribution in [0.3, 0.4) is 0 Å². The van der Waals surface area contributed by atoms with Gasteiger partial charge in [-0.3, -0.25) is 0 Å². The highest BCUT2D eigenvalue weighted by atomic mass is 16.6. The van der Waals surface area contributed by atoms with E-state index in [0.29, 0.717) is 18.1 Å². The van der Waals surface area contributed by atoms with E-state index in [2.05, 4.69) is 24.1 Å². The fourth-order valence-corrected chi connectivity index (χ4v) is 2.48. The molecule has 0 aromatic carbocycles. The predicted molar refractivity (Wildman–Crippen MR) is 76.7 cm³/mol. The molecular formula is C15H26N2O3. The van der Waals surface area contributed by atoms with Crippen molar-refractivity contribution in [2.24, 2.45) is 5.92 Å². The van der Waals surface area contributed by atoms with E-state index in [1.807, 2.05) is 0 Å². The molecule has 1 aliphatic carbocycles. The lowest BCUT2D eigenvalue weighted by Gasteiger charge is -2.27. The Bertz CT molecular complexity index is 392. The first kappa shape index (κ1) is 15.3. The first-order chi connectivity index (χ1) is 9.67. The second-order valence-electron chi connectivity index (χ2n) is 5.89. The molecule has 20 heavy (non-hydrogen) atoms. The molecule has 2 unspecified atom stereocenters. The topological polar surface area (TPSA) is 56.5 Å². The van der Waals surface area contributed by atoms with Crippen LogP contribution in [-0.2, 0) is 11.3 Å². The Labute approximate surface area is 121 Å². The van der Waals surface area contributed by atoms with E-state index in [4.69, 9.17) is 13.9 Å². The largest absolute Gasteiger partial charge is 0.447 e. The summed E-state index contributed by atoms with van der Waals surface area (Å²) in [5.74, 6) is 0.630. The normalized spacial score (nSPS) is 23.2. The molecule has 0 amide bonds. The summed E-state index contributed by atoms with van der Waals surface area (Å²) in [6.45, 7) is 6.05. The maximum absolute atomic E-state index is 5.81. The molecular weight excluding hydrogens is 256 g/mol. The van der Waals surface area contributed by atoms with Crippen molar-refractivity contribution in [1.29, 1.82) is 0 Å². The monoisotopic (exact) mass is 282 g/mol. The summed E-state index contributed by atoms with van der Waals surface area (Å²) in [7, 11) is 1.76. The lowest BCUT2D eigenvalue weighted by molar-refractivity contribution is 0.0111. The third-order valence-electron chi connectivity index (χ3n) is 3.57. The van der Waals surface area contributed by atoms with Crippen molar-refractivity contribution in [3.05, 3.63) is 12.0 Å². The van der Waals surface area contributed by atoms with E-state index < -0.39 is 0 Å². The van der Waals surface area contributed by atoms with Crippen molar-refractivity contribution in [1.82, 2.24) is 10.3 Å². The number of hydrogen-bond acceptors (Lipinski definition) is 5. The minimum absolute atomic E-state index is 0.156. The van der Waals surface area contributed by atoms with Gasteiger partial charge in [-0.05, 0) is 31.7 Å². The van der Waals surface area contributed by atoms with Crippen LogP contribution in [0, 0.1) is 5.92 Å². The average Bonchev–Trinajstić information content (AvgIpc) is 2.86. The first-order valence-electron chi connectivity index (χ1n) is 7.52. The van der Waals surface area contributed by atoms with Gasteiger partial charge >= 0.3 is 6.08 Å². The van der Waals surface area contributed by atoms with Crippen LogP contribution < -0.4 is 10.1 Å². The zero-order chi connectivity index (χ0) is 14.4. The lowest BCUT2D eigenvalue weighted by Crippen LogP contribution is -2.29. The van der Waals surface area contributed by atoms with E-state index in [1.54, 1.807) is 13.4 Å². The third-order valence-corrected chi connectivity index (χ3v) is 3.57. The molecule has 2 atom stereocenters. The summed E-state index contributed by atoms with van der Waals surface area (Å²) < 4.78 is 16.6. The maximum atomic E-state index is 5.81. The number of aromatic nitrogens is 1. The Morgan fingerprint density at radius 2 is 2.20 bits per heavy atom. The minimum Gasteiger partial charge on any atom is -0.447 e. The van der Waals surface area contributed by atoms with E-state index in [-0.39, 0.29) is 6.10 Å². The van der Waals surface area contributed by atoms with Crippen LogP contribution in [0.5, 0.6) is 6.08 Å². The molecule has 1 aliphatic rings. The standard InChI is InChI=1S/C15H26N2O3/c1-11(2)8-16-9-12-10-19-15(17-12)20-14-6-4-5-13(7-14)18-3/h10-11,13-14,16H,4-9H2,1-3H3. The van der Waals surface area contributed by atoms with E-state index in [0.717, 1.165) is 44.5 Å². The fourth-order valence-electron chi connectivity index (χ4n) is 2.48. The number of ether oxygens (including phenoxy) is 2. The molecule has 1 aromatic heterocycles. The van der Waals surface area contributed by atoms with Gasteiger partial charge in [0.2, 0.25) is 0 Å². The molecule has 114 valence electrons. The number of rotatable bonds is 7. The zero-order valence-corrected chi connectivity index (χ0v) is 12.7. The van der Waals surface area contributed by atoms with E-state index in [9.17, 15) is 0 Å². The van der Waals surface area contributed by atoms with Crippen LogP contribution in [0.15, 0.2) is 10.7 Å². The lowest BCUT2D eigenvalue weighted by atomic mass is 9.95. The van der Waals surface area contributed by atoms with Crippen LogP contribution in [0.25, 0.3) is 0 Å². The molecule has 1 aromatic rings. The second kappa shape index (κ2) is 7.64. The molecule has 1 N–H and O–H groups in total.